The number of halogens is 1. The highest BCUT2D eigenvalue weighted by Gasteiger charge is 2.11. The first kappa shape index (κ1) is 14.5. The predicted molar refractivity (Wildman–Crippen MR) is 77.3 cm³/mol. The van der Waals surface area contributed by atoms with Crippen LogP contribution in [0.3, 0.4) is 0 Å². The van der Waals surface area contributed by atoms with Gasteiger partial charge >= 0.3 is 0 Å². The zero-order valence-corrected chi connectivity index (χ0v) is 12.7. The van der Waals surface area contributed by atoms with E-state index in [1.807, 2.05) is 0 Å². The van der Waals surface area contributed by atoms with Crippen LogP contribution >= 0.6 is 15.9 Å². The summed E-state index contributed by atoms with van der Waals surface area (Å²) in [6.07, 6.45) is 1.57. The molecule has 1 aromatic carbocycles. The lowest BCUT2D eigenvalue weighted by Gasteiger charge is -2.06. The Labute approximate surface area is 125 Å². The number of ketones is 1. The maximum absolute atomic E-state index is 12.2. The van der Waals surface area contributed by atoms with E-state index in [1.165, 1.54) is 13.4 Å². The van der Waals surface area contributed by atoms with Crippen molar-refractivity contribution in [3.8, 4) is 11.6 Å². The maximum atomic E-state index is 12.2. The number of hydrogen-bond donors (Lipinski definition) is 0. The van der Waals surface area contributed by atoms with Crippen molar-refractivity contribution < 1.29 is 14.3 Å². The number of hydrogen-bond acceptors (Lipinski definition) is 5. The second kappa shape index (κ2) is 6.47. The Morgan fingerprint density at radius 1 is 1.20 bits per heavy atom. The topological polar surface area (TPSA) is 61.3 Å². The Morgan fingerprint density at radius 2 is 2.00 bits per heavy atom. The molecule has 0 saturated heterocycles. The Hall–Kier alpha value is -1.95. The average molecular weight is 337 g/mol. The fourth-order valence-electron chi connectivity index (χ4n) is 1.69. The van der Waals surface area contributed by atoms with E-state index in [-0.39, 0.29) is 12.2 Å². The van der Waals surface area contributed by atoms with Crippen LogP contribution in [-0.4, -0.2) is 30.0 Å². The molecule has 0 aliphatic rings. The van der Waals surface area contributed by atoms with Crippen molar-refractivity contribution in [2.45, 2.75) is 6.42 Å². The van der Waals surface area contributed by atoms with Crippen molar-refractivity contribution in [3.05, 3.63) is 46.3 Å². The predicted octanol–water partition coefficient (Wildman–Crippen LogP) is 2.68. The van der Waals surface area contributed by atoms with Gasteiger partial charge in [-0.25, -0.2) is 9.97 Å². The van der Waals surface area contributed by atoms with Gasteiger partial charge in [0.2, 0.25) is 5.88 Å². The fraction of sp³-hybridized carbons (Fsp3) is 0.214. The van der Waals surface area contributed by atoms with E-state index in [1.54, 1.807) is 31.4 Å². The Balaban J connectivity index is 2.17. The zero-order valence-electron chi connectivity index (χ0n) is 11.1. The van der Waals surface area contributed by atoms with Crippen molar-refractivity contribution in [3.63, 3.8) is 0 Å². The molecule has 0 aliphatic heterocycles. The molecule has 2 rings (SSSR count). The second-order valence-corrected chi connectivity index (χ2v) is 4.86. The van der Waals surface area contributed by atoms with Crippen LogP contribution < -0.4 is 9.47 Å². The molecule has 1 aromatic heterocycles. The summed E-state index contributed by atoms with van der Waals surface area (Å²) in [6, 6.07) is 6.86. The molecule has 0 N–H and O–H groups in total. The number of methoxy groups -OCH3 is 2. The minimum atomic E-state index is -0.0332. The van der Waals surface area contributed by atoms with E-state index in [0.29, 0.717) is 22.9 Å². The SMILES string of the molecule is COc1cc(CC(=O)c2ccc(OC)c(Br)c2)ncn1. The van der Waals surface area contributed by atoms with Crippen LogP contribution in [0, 0.1) is 0 Å². The molecule has 5 nitrogen and oxygen atoms in total. The molecule has 0 fully saturated rings. The summed E-state index contributed by atoms with van der Waals surface area (Å²) in [5, 5.41) is 0. The van der Waals surface area contributed by atoms with E-state index >= 15 is 0 Å². The number of aromatic nitrogens is 2. The van der Waals surface area contributed by atoms with Crippen LogP contribution in [-0.2, 0) is 6.42 Å². The number of Topliss-reactive ketones (excluding diaryl/α,β-unsaturated/α-hetero) is 1. The molecule has 0 radical (unpaired) electrons. The molecule has 104 valence electrons. The molecule has 0 spiro atoms. The van der Waals surface area contributed by atoms with Crippen molar-refractivity contribution in [1.82, 2.24) is 9.97 Å². The van der Waals surface area contributed by atoms with Gasteiger partial charge in [0.05, 0.1) is 30.8 Å². The third-order valence-electron chi connectivity index (χ3n) is 2.72. The summed E-state index contributed by atoms with van der Waals surface area (Å²) in [5.41, 5.74) is 1.21. The summed E-state index contributed by atoms with van der Waals surface area (Å²) in [6.45, 7) is 0. The van der Waals surface area contributed by atoms with Crippen LogP contribution in [0.15, 0.2) is 35.1 Å². The largest absolute Gasteiger partial charge is 0.496 e. The lowest BCUT2D eigenvalue weighted by Crippen LogP contribution is -2.06. The van der Waals surface area contributed by atoms with Gasteiger partial charge in [-0.2, -0.15) is 0 Å². The minimum Gasteiger partial charge on any atom is -0.496 e. The number of benzene rings is 1. The van der Waals surface area contributed by atoms with E-state index in [4.69, 9.17) is 9.47 Å². The first-order valence-electron chi connectivity index (χ1n) is 5.85. The van der Waals surface area contributed by atoms with Gasteiger partial charge in [-0.3, -0.25) is 4.79 Å². The fourth-order valence-corrected chi connectivity index (χ4v) is 2.23. The van der Waals surface area contributed by atoms with E-state index in [2.05, 4.69) is 25.9 Å². The Morgan fingerprint density at radius 3 is 2.65 bits per heavy atom. The number of carbonyl (C=O) groups is 1. The third-order valence-corrected chi connectivity index (χ3v) is 3.34. The third kappa shape index (κ3) is 3.33. The molecular weight excluding hydrogens is 324 g/mol. The summed E-state index contributed by atoms with van der Waals surface area (Å²) < 4.78 is 10.9. The number of rotatable bonds is 5. The van der Waals surface area contributed by atoms with Crippen LogP contribution in [0.1, 0.15) is 16.1 Å². The van der Waals surface area contributed by atoms with Crippen LogP contribution in [0.25, 0.3) is 0 Å². The van der Waals surface area contributed by atoms with E-state index in [9.17, 15) is 4.79 Å². The molecule has 0 aliphatic carbocycles. The Kier molecular flexibility index (Phi) is 4.68. The van der Waals surface area contributed by atoms with Gasteiger partial charge in [0.15, 0.2) is 5.78 Å². The maximum Gasteiger partial charge on any atom is 0.216 e. The van der Waals surface area contributed by atoms with Gasteiger partial charge in [0.1, 0.15) is 12.1 Å². The molecule has 1 heterocycles. The molecule has 0 unspecified atom stereocenters. The number of ether oxygens (including phenoxy) is 2. The van der Waals surface area contributed by atoms with Gasteiger partial charge in [-0.05, 0) is 34.1 Å². The second-order valence-electron chi connectivity index (χ2n) is 4.00. The van der Waals surface area contributed by atoms with Gasteiger partial charge in [0, 0.05) is 11.6 Å². The summed E-state index contributed by atoms with van der Waals surface area (Å²) in [7, 11) is 3.10. The minimum absolute atomic E-state index is 0.0332. The summed E-state index contributed by atoms with van der Waals surface area (Å²) in [5.74, 6) is 1.10. The number of carbonyl (C=O) groups excluding carboxylic acids is 1. The molecule has 0 amide bonds. The van der Waals surface area contributed by atoms with Gasteiger partial charge < -0.3 is 9.47 Å². The number of nitrogens with zero attached hydrogens (tertiary/aromatic N) is 2. The molecule has 0 atom stereocenters. The zero-order chi connectivity index (χ0) is 14.5. The quantitative estimate of drug-likeness (QED) is 0.785. The molecule has 0 bridgehead atoms. The molecule has 6 heteroatoms. The average Bonchev–Trinajstić information content (AvgIpc) is 2.47. The van der Waals surface area contributed by atoms with Crippen LogP contribution in [0.4, 0.5) is 0 Å². The lowest BCUT2D eigenvalue weighted by molar-refractivity contribution is 0.0992. The van der Waals surface area contributed by atoms with Gasteiger partial charge in [-0.15, -0.1) is 0 Å². The standard InChI is InChI=1S/C14H13BrN2O3/c1-19-13-4-3-9(5-11(13)15)12(18)6-10-7-14(20-2)17-8-16-10/h3-5,7-8H,6H2,1-2H3. The molecule has 2 aromatic rings. The van der Waals surface area contributed by atoms with Crippen molar-refractivity contribution in [2.24, 2.45) is 0 Å². The lowest BCUT2D eigenvalue weighted by atomic mass is 10.1. The molecule has 0 saturated carbocycles. The van der Waals surface area contributed by atoms with Gasteiger partial charge in [0.25, 0.3) is 0 Å². The first-order chi connectivity index (χ1) is 9.63. The molecular formula is C14H13BrN2O3. The van der Waals surface area contributed by atoms with Crippen molar-refractivity contribution >= 4 is 21.7 Å². The molecule has 20 heavy (non-hydrogen) atoms. The van der Waals surface area contributed by atoms with Gasteiger partial charge in [-0.1, -0.05) is 0 Å². The van der Waals surface area contributed by atoms with E-state index in [0.717, 1.165) is 4.47 Å². The van der Waals surface area contributed by atoms with Crippen LogP contribution in [0.2, 0.25) is 0 Å². The van der Waals surface area contributed by atoms with Crippen molar-refractivity contribution in [2.75, 3.05) is 14.2 Å². The summed E-state index contributed by atoms with van der Waals surface area (Å²) >= 11 is 3.36. The summed E-state index contributed by atoms with van der Waals surface area (Å²) in [4.78, 5) is 20.2. The van der Waals surface area contributed by atoms with Crippen molar-refractivity contribution in [1.29, 1.82) is 0 Å². The van der Waals surface area contributed by atoms with Crippen LogP contribution in [0.5, 0.6) is 11.6 Å². The normalized spacial score (nSPS) is 10.2. The highest BCUT2D eigenvalue weighted by Crippen LogP contribution is 2.26. The first-order valence-corrected chi connectivity index (χ1v) is 6.65. The van der Waals surface area contributed by atoms with E-state index < -0.39 is 0 Å². The smallest absolute Gasteiger partial charge is 0.216 e. The highest BCUT2D eigenvalue weighted by molar-refractivity contribution is 9.10. The Bertz CT molecular complexity index is 632. The monoisotopic (exact) mass is 336 g/mol. The highest BCUT2D eigenvalue weighted by atomic mass is 79.9.